The molecule has 0 saturated heterocycles. The van der Waals surface area contributed by atoms with Crippen LogP contribution < -0.4 is 0 Å². The summed E-state index contributed by atoms with van der Waals surface area (Å²) >= 11 is 6.11. The molecular weight excluding hydrogens is 276 g/mol. The molecule has 0 aliphatic heterocycles. The lowest BCUT2D eigenvalue weighted by Crippen LogP contribution is -2.01. The van der Waals surface area contributed by atoms with Crippen LogP contribution in [-0.2, 0) is 0 Å². The van der Waals surface area contributed by atoms with E-state index in [4.69, 9.17) is 16.9 Å². The number of fused-ring (bicyclic) bond motifs is 1. The molecule has 0 aliphatic carbocycles. The Morgan fingerprint density at radius 1 is 1.20 bits per heavy atom. The average molecular weight is 285 g/mol. The minimum atomic E-state index is 0.407. The van der Waals surface area contributed by atoms with Crippen molar-refractivity contribution >= 4 is 17.2 Å². The molecule has 0 radical (unpaired) electrons. The molecule has 0 saturated carbocycles. The molecule has 6 nitrogen and oxygen atoms in total. The number of nitrogens with zero attached hydrogens (tertiary/aromatic N) is 6. The Kier molecular flexibility index (Phi) is 2.84. The second-order valence-electron chi connectivity index (χ2n) is 4.34. The normalized spacial score (nSPS) is 10.7. The molecule has 3 aromatic heterocycles. The first-order valence-electron chi connectivity index (χ1n) is 5.86. The third-order valence-electron chi connectivity index (χ3n) is 3.16. The Hall–Kier alpha value is -2.52. The zero-order valence-electron chi connectivity index (χ0n) is 10.8. The highest BCUT2D eigenvalue weighted by Gasteiger charge is 2.15. The molecular formula is C13H9ClN6. The third-order valence-corrected chi connectivity index (χ3v) is 3.52. The van der Waals surface area contributed by atoms with Crippen LogP contribution >= 0.6 is 11.6 Å². The SMILES string of the molecule is Cc1c(Cl)nn2c(-c3ccc(C#N)cn3)nnc2c1C. The summed E-state index contributed by atoms with van der Waals surface area (Å²) in [5.74, 6) is 0.495. The van der Waals surface area contributed by atoms with Crippen molar-refractivity contribution in [2.75, 3.05) is 0 Å². The van der Waals surface area contributed by atoms with E-state index in [2.05, 4.69) is 20.3 Å². The topological polar surface area (TPSA) is 79.8 Å². The average Bonchev–Trinajstić information content (AvgIpc) is 2.89. The zero-order valence-corrected chi connectivity index (χ0v) is 11.5. The van der Waals surface area contributed by atoms with Gasteiger partial charge in [0.2, 0.25) is 5.82 Å². The van der Waals surface area contributed by atoms with Crippen LogP contribution in [0.1, 0.15) is 16.7 Å². The van der Waals surface area contributed by atoms with Crippen molar-refractivity contribution in [3.8, 4) is 17.6 Å². The van der Waals surface area contributed by atoms with Crippen molar-refractivity contribution in [1.82, 2.24) is 24.8 Å². The summed E-state index contributed by atoms with van der Waals surface area (Å²) in [6.07, 6.45) is 1.49. The molecule has 3 rings (SSSR count). The van der Waals surface area contributed by atoms with Gasteiger partial charge in [0.05, 0.1) is 5.56 Å². The van der Waals surface area contributed by atoms with Crippen LogP contribution in [0.15, 0.2) is 18.3 Å². The monoisotopic (exact) mass is 284 g/mol. The predicted molar refractivity (Wildman–Crippen MR) is 73.2 cm³/mol. The fourth-order valence-electron chi connectivity index (χ4n) is 1.85. The lowest BCUT2D eigenvalue weighted by atomic mass is 10.2. The largest absolute Gasteiger partial charge is 0.251 e. The Labute approximate surface area is 119 Å². The van der Waals surface area contributed by atoms with E-state index in [1.807, 2.05) is 19.9 Å². The summed E-state index contributed by atoms with van der Waals surface area (Å²) in [4.78, 5) is 4.19. The van der Waals surface area contributed by atoms with E-state index in [0.29, 0.717) is 27.9 Å². The highest BCUT2D eigenvalue weighted by atomic mass is 35.5. The molecule has 0 bridgehead atoms. The summed E-state index contributed by atoms with van der Waals surface area (Å²) in [6, 6.07) is 5.40. The van der Waals surface area contributed by atoms with E-state index in [-0.39, 0.29) is 0 Å². The third kappa shape index (κ3) is 1.80. The molecule has 0 N–H and O–H groups in total. The summed E-state index contributed by atoms with van der Waals surface area (Å²) in [6.45, 7) is 3.81. The standard InChI is InChI=1S/C13H9ClN6/c1-7-8(2)12-17-18-13(20(12)19-11(7)14)10-4-3-9(5-15)6-16-10/h3-4,6H,1-2H3. The number of aromatic nitrogens is 5. The smallest absolute Gasteiger partial charge is 0.203 e. The molecule has 3 heterocycles. The van der Waals surface area contributed by atoms with Crippen molar-refractivity contribution in [2.45, 2.75) is 13.8 Å². The molecule has 7 heteroatoms. The van der Waals surface area contributed by atoms with Gasteiger partial charge in [-0.05, 0) is 31.5 Å². The van der Waals surface area contributed by atoms with Crippen LogP contribution in [0, 0.1) is 25.2 Å². The minimum Gasteiger partial charge on any atom is -0.251 e. The molecule has 0 spiro atoms. The molecule has 0 amide bonds. The molecule has 20 heavy (non-hydrogen) atoms. The maximum absolute atomic E-state index is 8.78. The van der Waals surface area contributed by atoms with Crippen molar-refractivity contribution in [3.05, 3.63) is 40.2 Å². The van der Waals surface area contributed by atoms with Gasteiger partial charge < -0.3 is 0 Å². The molecule has 0 aromatic carbocycles. The second kappa shape index (κ2) is 4.54. The number of pyridine rings is 1. The number of halogens is 1. The Bertz CT molecular complexity index is 844. The summed E-state index contributed by atoms with van der Waals surface area (Å²) in [7, 11) is 0. The predicted octanol–water partition coefficient (Wildman–Crippen LogP) is 2.33. The molecule has 98 valence electrons. The van der Waals surface area contributed by atoms with E-state index in [9.17, 15) is 0 Å². The number of hydrogen-bond acceptors (Lipinski definition) is 5. The van der Waals surface area contributed by atoms with Gasteiger partial charge in [0.1, 0.15) is 11.8 Å². The van der Waals surface area contributed by atoms with Gasteiger partial charge in [-0.25, -0.2) is 0 Å². The Balaban J connectivity index is 2.24. The van der Waals surface area contributed by atoms with Crippen LogP contribution in [0.5, 0.6) is 0 Å². The summed E-state index contributed by atoms with van der Waals surface area (Å²) in [5, 5.41) is 21.7. The molecule has 0 aliphatic rings. The zero-order chi connectivity index (χ0) is 14.3. The van der Waals surface area contributed by atoms with Crippen LogP contribution in [0.25, 0.3) is 17.2 Å². The second-order valence-corrected chi connectivity index (χ2v) is 4.70. The minimum absolute atomic E-state index is 0.407. The maximum atomic E-state index is 8.78. The quantitative estimate of drug-likeness (QED) is 0.685. The van der Waals surface area contributed by atoms with Crippen molar-refractivity contribution < 1.29 is 0 Å². The van der Waals surface area contributed by atoms with E-state index >= 15 is 0 Å². The summed E-state index contributed by atoms with van der Waals surface area (Å²) < 4.78 is 1.57. The Morgan fingerprint density at radius 3 is 2.65 bits per heavy atom. The van der Waals surface area contributed by atoms with Crippen LogP contribution in [-0.4, -0.2) is 24.8 Å². The fourth-order valence-corrected chi connectivity index (χ4v) is 2.06. The van der Waals surface area contributed by atoms with Crippen molar-refractivity contribution in [2.24, 2.45) is 0 Å². The van der Waals surface area contributed by atoms with E-state index in [1.165, 1.54) is 6.20 Å². The summed E-state index contributed by atoms with van der Waals surface area (Å²) in [5.41, 5.74) is 3.53. The number of nitriles is 1. The van der Waals surface area contributed by atoms with Gasteiger partial charge in [-0.15, -0.1) is 10.2 Å². The van der Waals surface area contributed by atoms with Gasteiger partial charge in [-0.2, -0.15) is 14.9 Å². The van der Waals surface area contributed by atoms with E-state index in [1.54, 1.807) is 16.6 Å². The van der Waals surface area contributed by atoms with Crippen LogP contribution in [0.4, 0.5) is 0 Å². The molecule has 0 atom stereocenters. The molecule has 0 fully saturated rings. The number of rotatable bonds is 1. The first kappa shape index (κ1) is 12.5. The van der Waals surface area contributed by atoms with Crippen molar-refractivity contribution in [1.29, 1.82) is 5.26 Å². The lowest BCUT2D eigenvalue weighted by molar-refractivity contribution is 0.914. The van der Waals surface area contributed by atoms with Gasteiger partial charge >= 0.3 is 0 Å². The van der Waals surface area contributed by atoms with Gasteiger partial charge in [0.15, 0.2) is 10.8 Å². The molecule has 0 unspecified atom stereocenters. The van der Waals surface area contributed by atoms with E-state index in [0.717, 1.165) is 11.1 Å². The maximum Gasteiger partial charge on any atom is 0.203 e. The first-order chi connectivity index (χ1) is 9.61. The van der Waals surface area contributed by atoms with Gasteiger partial charge in [0, 0.05) is 11.8 Å². The van der Waals surface area contributed by atoms with E-state index < -0.39 is 0 Å². The number of aryl methyl sites for hydroxylation is 1. The highest BCUT2D eigenvalue weighted by molar-refractivity contribution is 6.30. The molecule has 3 aromatic rings. The fraction of sp³-hybridized carbons (Fsp3) is 0.154. The van der Waals surface area contributed by atoms with Gasteiger partial charge in [-0.1, -0.05) is 11.6 Å². The number of hydrogen-bond donors (Lipinski definition) is 0. The van der Waals surface area contributed by atoms with Crippen LogP contribution in [0.2, 0.25) is 5.15 Å². The first-order valence-corrected chi connectivity index (χ1v) is 6.24. The Morgan fingerprint density at radius 2 is 2.00 bits per heavy atom. The van der Waals surface area contributed by atoms with Gasteiger partial charge in [0.25, 0.3) is 0 Å². The van der Waals surface area contributed by atoms with Crippen LogP contribution in [0.3, 0.4) is 0 Å². The highest BCUT2D eigenvalue weighted by Crippen LogP contribution is 2.22. The van der Waals surface area contributed by atoms with Crippen molar-refractivity contribution in [3.63, 3.8) is 0 Å². The lowest BCUT2D eigenvalue weighted by Gasteiger charge is -2.04. The van der Waals surface area contributed by atoms with Gasteiger partial charge in [-0.3, -0.25) is 4.98 Å².